The maximum Gasteiger partial charge on any atom is 0.257 e. The minimum atomic E-state index is -0.0284. The number of benzene rings is 1. The molecule has 1 unspecified atom stereocenters. The summed E-state index contributed by atoms with van der Waals surface area (Å²) in [6, 6.07) is 7.43. The van der Waals surface area contributed by atoms with Gasteiger partial charge in [-0.15, -0.1) is 0 Å². The van der Waals surface area contributed by atoms with Crippen LogP contribution < -0.4 is 5.32 Å². The van der Waals surface area contributed by atoms with Crippen molar-refractivity contribution in [2.24, 2.45) is 0 Å². The molecule has 2 amide bonds. The number of aromatic nitrogens is 2. The minimum Gasteiger partial charge on any atom is -0.352 e. The summed E-state index contributed by atoms with van der Waals surface area (Å²) in [6.07, 6.45) is 3.88. The number of nitrogens with one attached hydrogen (secondary N) is 1. The highest BCUT2D eigenvalue weighted by molar-refractivity contribution is 6.30. The van der Waals surface area contributed by atoms with Crippen LogP contribution >= 0.6 is 11.6 Å². The molecule has 1 atom stereocenters. The van der Waals surface area contributed by atoms with Crippen molar-refractivity contribution in [1.82, 2.24) is 20.0 Å². The molecular weight excluding hydrogens is 376 g/mol. The Morgan fingerprint density at radius 2 is 2.00 bits per heavy atom. The number of halogens is 1. The maximum atomic E-state index is 13.3. The molecule has 1 aromatic carbocycles. The van der Waals surface area contributed by atoms with Crippen LogP contribution in [0.3, 0.4) is 0 Å². The number of rotatable bonds is 5. The van der Waals surface area contributed by atoms with E-state index in [1.54, 1.807) is 6.20 Å². The zero-order valence-electron chi connectivity index (χ0n) is 16.6. The molecule has 28 heavy (non-hydrogen) atoms. The number of carbonyl (C=O) groups excluding carboxylic acids is 2. The molecule has 150 valence electrons. The number of hydrogen-bond acceptors (Lipinski definition) is 3. The summed E-state index contributed by atoms with van der Waals surface area (Å²) < 4.78 is 1.81. The molecule has 0 radical (unpaired) electrons. The summed E-state index contributed by atoms with van der Waals surface area (Å²) in [6.45, 7) is 7.18. The Balaban J connectivity index is 1.85. The molecule has 0 aliphatic carbocycles. The second kappa shape index (κ2) is 8.78. The fraction of sp³-hybridized carbons (Fsp3) is 0.476. The zero-order valence-corrected chi connectivity index (χ0v) is 17.4. The van der Waals surface area contributed by atoms with E-state index in [0.717, 1.165) is 24.2 Å². The normalized spacial score (nSPS) is 17.0. The predicted molar refractivity (Wildman–Crippen MR) is 110 cm³/mol. The number of amides is 2. The topological polar surface area (TPSA) is 67.2 Å². The van der Waals surface area contributed by atoms with Crippen LogP contribution in [-0.2, 0) is 4.79 Å². The first-order valence-corrected chi connectivity index (χ1v) is 10.2. The minimum absolute atomic E-state index is 0.0129. The number of piperidine rings is 1. The number of carbonyl (C=O) groups is 2. The van der Waals surface area contributed by atoms with E-state index in [-0.39, 0.29) is 23.8 Å². The average molecular weight is 403 g/mol. The van der Waals surface area contributed by atoms with E-state index in [2.05, 4.69) is 24.3 Å². The largest absolute Gasteiger partial charge is 0.352 e. The van der Waals surface area contributed by atoms with E-state index >= 15 is 0 Å². The molecule has 1 N–H and O–H groups in total. The van der Waals surface area contributed by atoms with E-state index in [1.165, 1.54) is 0 Å². The van der Waals surface area contributed by atoms with Crippen LogP contribution in [0.4, 0.5) is 0 Å². The smallest absolute Gasteiger partial charge is 0.257 e. The lowest BCUT2D eigenvalue weighted by Crippen LogP contribution is -2.49. The van der Waals surface area contributed by atoms with Crippen molar-refractivity contribution in [3.8, 4) is 5.69 Å². The first-order chi connectivity index (χ1) is 13.4. The lowest BCUT2D eigenvalue weighted by atomic mass is 10.0. The molecule has 1 fully saturated rings. The van der Waals surface area contributed by atoms with Gasteiger partial charge in [-0.2, -0.15) is 5.10 Å². The molecule has 3 rings (SSSR count). The van der Waals surface area contributed by atoms with Gasteiger partial charge in [0.05, 0.1) is 23.1 Å². The number of nitrogens with zero attached hydrogens (tertiary/aromatic N) is 3. The molecule has 6 nitrogen and oxygen atoms in total. The Labute approximate surface area is 170 Å². The summed E-state index contributed by atoms with van der Waals surface area (Å²) in [5, 5.41) is 8.16. The van der Waals surface area contributed by atoms with Crippen LogP contribution in [0.5, 0.6) is 0 Å². The lowest BCUT2D eigenvalue weighted by molar-refractivity contribution is -0.121. The molecule has 7 heteroatoms. The Morgan fingerprint density at radius 1 is 1.29 bits per heavy atom. The molecule has 1 aliphatic rings. The van der Waals surface area contributed by atoms with Crippen LogP contribution in [0.15, 0.2) is 30.5 Å². The second-order valence-electron chi connectivity index (χ2n) is 7.50. The third-order valence-corrected chi connectivity index (χ3v) is 5.30. The van der Waals surface area contributed by atoms with E-state index in [4.69, 9.17) is 11.6 Å². The van der Waals surface area contributed by atoms with Crippen LogP contribution in [-0.4, -0.2) is 45.6 Å². The molecule has 1 saturated heterocycles. The van der Waals surface area contributed by atoms with E-state index in [1.807, 2.05) is 40.8 Å². The summed E-state index contributed by atoms with van der Waals surface area (Å²) in [4.78, 5) is 26.8. The first-order valence-electron chi connectivity index (χ1n) is 9.83. The SMILES string of the molecule is CCC(=O)NC1CCCN(C(=O)c2cnn(-c3ccc(Cl)cc3)c2C(C)C)C1. The van der Waals surface area contributed by atoms with Crippen molar-refractivity contribution >= 4 is 23.4 Å². The molecule has 0 spiro atoms. The van der Waals surface area contributed by atoms with E-state index in [0.29, 0.717) is 30.1 Å². The van der Waals surface area contributed by atoms with Crippen molar-refractivity contribution in [2.45, 2.75) is 52.0 Å². The third kappa shape index (κ3) is 4.38. The average Bonchev–Trinajstić information content (AvgIpc) is 3.13. The fourth-order valence-corrected chi connectivity index (χ4v) is 3.77. The first kappa shape index (κ1) is 20.4. The zero-order chi connectivity index (χ0) is 20.3. The summed E-state index contributed by atoms with van der Waals surface area (Å²) in [5.74, 6) is 0.120. The molecular formula is C21H27ClN4O2. The summed E-state index contributed by atoms with van der Waals surface area (Å²) in [7, 11) is 0. The van der Waals surface area contributed by atoms with E-state index < -0.39 is 0 Å². The van der Waals surface area contributed by atoms with E-state index in [9.17, 15) is 9.59 Å². The van der Waals surface area contributed by atoms with Crippen molar-refractivity contribution in [3.63, 3.8) is 0 Å². The van der Waals surface area contributed by atoms with Gasteiger partial charge >= 0.3 is 0 Å². The van der Waals surface area contributed by atoms with Gasteiger partial charge in [-0.3, -0.25) is 9.59 Å². The van der Waals surface area contributed by atoms with Gasteiger partial charge < -0.3 is 10.2 Å². The highest BCUT2D eigenvalue weighted by Gasteiger charge is 2.29. The number of hydrogen-bond donors (Lipinski definition) is 1. The van der Waals surface area contributed by atoms with Gasteiger partial charge in [0.2, 0.25) is 5.91 Å². The van der Waals surface area contributed by atoms with Gasteiger partial charge in [-0.05, 0) is 43.0 Å². The van der Waals surface area contributed by atoms with Gasteiger partial charge in [0.25, 0.3) is 5.91 Å². The highest BCUT2D eigenvalue weighted by Crippen LogP contribution is 2.26. The Morgan fingerprint density at radius 3 is 2.64 bits per heavy atom. The third-order valence-electron chi connectivity index (χ3n) is 5.05. The number of likely N-dealkylation sites (tertiary alicyclic amines) is 1. The Hall–Kier alpha value is -2.34. The van der Waals surface area contributed by atoms with Crippen molar-refractivity contribution < 1.29 is 9.59 Å². The molecule has 2 aromatic rings. The summed E-state index contributed by atoms with van der Waals surface area (Å²) >= 11 is 6.00. The van der Waals surface area contributed by atoms with Crippen LogP contribution in [0, 0.1) is 0 Å². The molecule has 1 aliphatic heterocycles. The molecule has 1 aromatic heterocycles. The van der Waals surface area contributed by atoms with Crippen molar-refractivity contribution in [2.75, 3.05) is 13.1 Å². The van der Waals surface area contributed by atoms with Crippen LogP contribution in [0.1, 0.15) is 62.0 Å². The Kier molecular flexibility index (Phi) is 6.39. The maximum absolute atomic E-state index is 13.3. The highest BCUT2D eigenvalue weighted by atomic mass is 35.5. The van der Waals surface area contributed by atoms with Gasteiger partial charge in [-0.25, -0.2) is 4.68 Å². The molecule has 2 heterocycles. The quantitative estimate of drug-likeness (QED) is 0.827. The van der Waals surface area contributed by atoms with Crippen molar-refractivity contribution in [1.29, 1.82) is 0 Å². The summed E-state index contributed by atoms with van der Waals surface area (Å²) in [5.41, 5.74) is 2.37. The fourth-order valence-electron chi connectivity index (χ4n) is 3.65. The van der Waals surface area contributed by atoms with Gasteiger partial charge in [0.1, 0.15) is 0 Å². The standard InChI is InChI=1S/C21H27ClN4O2/c1-4-19(27)24-16-6-5-11-25(13-16)21(28)18-12-23-26(20(18)14(2)3)17-9-7-15(22)8-10-17/h7-10,12,14,16H,4-6,11,13H2,1-3H3,(H,24,27). The lowest BCUT2D eigenvalue weighted by Gasteiger charge is -2.33. The van der Waals surface area contributed by atoms with Gasteiger partial charge in [0.15, 0.2) is 0 Å². The second-order valence-corrected chi connectivity index (χ2v) is 7.93. The van der Waals surface area contributed by atoms with Crippen LogP contribution in [0.25, 0.3) is 5.69 Å². The monoisotopic (exact) mass is 402 g/mol. The van der Waals surface area contributed by atoms with Crippen molar-refractivity contribution in [3.05, 3.63) is 46.7 Å². The molecule has 0 saturated carbocycles. The van der Waals surface area contributed by atoms with Gasteiger partial charge in [0, 0.05) is 30.6 Å². The molecule has 0 bridgehead atoms. The van der Waals surface area contributed by atoms with Crippen LogP contribution in [0.2, 0.25) is 5.02 Å². The van der Waals surface area contributed by atoms with Gasteiger partial charge in [-0.1, -0.05) is 32.4 Å². The Bertz CT molecular complexity index is 845. The predicted octanol–water partition coefficient (Wildman–Crippen LogP) is 3.78.